The number of aromatic hydroxyl groups is 1. The smallest absolute Gasteiger partial charge is 0.178 e. The number of phenolic OH excluding ortho intramolecular Hbond substituents is 1. The van der Waals surface area contributed by atoms with Gasteiger partial charge in [0.05, 0.1) is 5.52 Å². The Hall–Kier alpha value is -1.07. The van der Waals surface area contributed by atoms with Gasteiger partial charge in [-0.15, -0.1) is 0 Å². The molecule has 4 nitrogen and oxygen atoms in total. The number of piperidine rings is 1. The summed E-state index contributed by atoms with van der Waals surface area (Å²) in [4.78, 5) is 4.45. The highest BCUT2D eigenvalue weighted by molar-refractivity contribution is 9.10. The Balaban J connectivity index is 2.16. The Morgan fingerprint density at radius 2 is 2.12 bits per heavy atom. The van der Waals surface area contributed by atoms with Crippen LogP contribution in [0.3, 0.4) is 0 Å². The molecule has 1 aliphatic rings. The molecule has 1 aliphatic heterocycles. The Morgan fingerprint density at radius 1 is 1.35 bits per heavy atom. The summed E-state index contributed by atoms with van der Waals surface area (Å²) in [6, 6.07) is 5.87. The summed E-state index contributed by atoms with van der Waals surface area (Å²) >= 11 is 3.50. The van der Waals surface area contributed by atoms with E-state index in [9.17, 15) is 5.11 Å². The maximum Gasteiger partial charge on any atom is 0.178 e. The first kappa shape index (κ1) is 11.0. The predicted octanol–water partition coefficient (Wildman–Crippen LogP) is 2.43. The van der Waals surface area contributed by atoms with Crippen molar-refractivity contribution >= 4 is 27.0 Å². The maximum atomic E-state index is 10.00. The predicted molar refractivity (Wildman–Crippen MR) is 70.2 cm³/mol. The molecule has 0 aliphatic carbocycles. The first-order valence-corrected chi connectivity index (χ1v) is 6.63. The molecule has 3 rings (SSSR count). The number of aromatic nitrogens is 2. The van der Waals surface area contributed by atoms with Gasteiger partial charge in [0, 0.05) is 6.04 Å². The number of rotatable bonds is 1. The molecule has 0 unspecified atom stereocenters. The van der Waals surface area contributed by atoms with Crippen LogP contribution >= 0.6 is 15.9 Å². The van der Waals surface area contributed by atoms with Gasteiger partial charge < -0.3 is 15.0 Å². The number of hydrogen-bond donors (Lipinski definition) is 2. The molecular formula is C12H14BrN3O. The van der Waals surface area contributed by atoms with E-state index >= 15 is 0 Å². The van der Waals surface area contributed by atoms with Crippen molar-refractivity contribution in [2.45, 2.75) is 18.9 Å². The molecule has 0 saturated carbocycles. The molecule has 0 amide bonds. The zero-order valence-corrected chi connectivity index (χ0v) is 10.9. The molecule has 1 aromatic heterocycles. The van der Waals surface area contributed by atoms with Crippen molar-refractivity contribution in [2.24, 2.45) is 0 Å². The summed E-state index contributed by atoms with van der Waals surface area (Å²) in [5.74, 6) is 0.305. The van der Waals surface area contributed by atoms with E-state index in [1.807, 2.05) is 12.1 Å². The van der Waals surface area contributed by atoms with Gasteiger partial charge in [-0.05, 0) is 54.0 Å². The van der Waals surface area contributed by atoms with Gasteiger partial charge in [0.2, 0.25) is 0 Å². The van der Waals surface area contributed by atoms with Crippen molar-refractivity contribution in [1.29, 1.82) is 0 Å². The number of hydrogen-bond acceptors (Lipinski definition) is 3. The molecule has 1 aromatic carbocycles. The Kier molecular flexibility index (Phi) is 2.80. The van der Waals surface area contributed by atoms with E-state index in [2.05, 4.69) is 30.8 Å². The van der Waals surface area contributed by atoms with Gasteiger partial charge in [-0.1, -0.05) is 6.07 Å². The van der Waals surface area contributed by atoms with Gasteiger partial charge in [0.15, 0.2) is 4.73 Å². The van der Waals surface area contributed by atoms with E-state index in [0.29, 0.717) is 11.8 Å². The molecule has 0 atom stereocenters. The molecule has 2 heterocycles. The van der Waals surface area contributed by atoms with Crippen molar-refractivity contribution in [3.8, 4) is 5.75 Å². The SMILES string of the molecule is Oc1cccc2nc(Br)n(C3CCNCC3)c12. The van der Waals surface area contributed by atoms with Crippen molar-refractivity contribution in [3.63, 3.8) is 0 Å². The first-order chi connectivity index (χ1) is 8.27. The zero-order valence-electron chi connectivity index (χ0n) is 9.36. The van der Waals surface area contributed by atoms with E-state index in [4.69, 9.17) is 0 Å². The molecule has 0 spiro atoms. The third-order valence-electron chi connectivity index (χ3n) is 3.32. The fourth-order valence-corrected chi connectivity index (χ4v) is 3.16. The number of nitrogens with zero attached hydrogens (tertiary/aromatic N) is 2. The maximum absolute atomic E-state index is 10.00. The molecule has 1 fully saturated rings. The lowest BCUT2D eigenvalue weighted by atomic mass is 10.1. The molecule has 0 radical (unpaired) electrons. The topological polar surface area (TPSA) is 50.1 Å². The zero-order chi connectivity index (χ0) is 11.8. The Bertz CT molecular complexity index is 546. The number of halogens is 1. The highest BCUT2D eigenvalue weighted by Crippen LogP contribution is 2.33. The number of benzene rings is 1. The minimum absolute atomic E-state index is 0.305. The van der Waals surface area contributed by atoms with E-state index < -0.39 is 0 Å². The Labute approximate surface area is 108 Å². The normalized spacial score (nSPS) is 17.7. The molecule has 17 heavy (non-hydrogen) atoms. The van der Waals surface area contributed by atoms with Crippen molar-refractivity contribution < 1.29 is 5.11 Å². The molecule has 1 saturated heterocycles. The standard InChI is InChI=1S/C12H14BrN3O/c13-12-15-9-2-1-3-10(17)11(9)16(12)8-4-6-14-7-5-8/h1-3,8,14,17H,4-7H2. The molecular weight excluding hydrogens is 282 g/mol. The van der Waals surface area contributed by atoms with Gasteiger partial charge in [0.1, 0.15) is 11.3 Å². The van der Waals surface area contributed by atoms with Crippen LogP contribution in [0.15, 0.2) is 22.9 Å². The quantitative estimate of drug-likeness (QED) is 0.850. The largest absolute Gasteiger partial charge is 0.506 e. The average molecular weight is 296 g/mol. The monoisotopic (exact) mass is 295 g/mol. The lowest BCUT2D eigenvalue weighted by Gasteiger charge is -2.25. The molecule has 5 heteroatoms. The van der Waals surface area contributed by atoms with Crippen LogP contribution in [-0.4, -0.2) is 27.7 Å². The lowest BCUT2D eigenvalue weighted by molar-refractivity contribution is 0.367. The van der Waals surface area contributed by atoms with E-state index in [1.165, 1.54) is 0 Å². The number of para-hydroxylation sites is 1. The van der Waals surface area contributed by atoms with E-state index in [-0.39, 0.29) is 0 Å². The van der Waals surface area contributed by atoms with Crippen molar-refractivity contribution in [3.05, 3.63) is 22.9 Å². The summed E-state index contributed by atoms with van der Waals surface area (Å²) in [7, 11) is 0. The number of imidazole rings is 1. The van der Waals surface area contributed by atoms with Gasteiger partial charge in [0.25, 0.3) is 0 Å². The van der Waals surface area contributed by atoms with Crippen molar-refractivity contribution in [2.75, 3.05) is 13.1 Å². The number of phenols is 1. The van der Waals surface area contributed by atoms with Crippen LogP contribution in [0.5, 0.6) is 5.75 Å². The molecule has 0 bridgehead atoms. The van der Waals surface area contributed by atoms with Crippen LogP contribution < -0.4 is 5.32 Å². The van der Waals surface area contributed by atoms with E-state index in [1.54, 1.807) is 6.07 Å². The summed E-state index contributed by atoms with van der Waals surface area (Å²) in [6.45, 7) is 2.04. The summed E-state index contributed by atoms with van der Waals surface area (Å²) < 4.78 is 2.92. The van der Waals surface area contributed by atoms with Crippen LogP contribution in [0.1, 0.15) is 18.9 Å². The Morgan fingerprint density at radius 3 is 2.88 bits per heavy atom. The third-order valence-corrected chi connectivity index (χ3v) is 3.88. The third kappa shape index (κ3) is 1.83. The van der Waals surface area contributed by atoms with Gasteiger partial charge in [-0.25, -0.2) is 4.98 Å². The fraction of sp³-hybridized carbons (Fsp3) is 0.417. The van der Waals surface area contributed by atoms with Gasteiger partial charge >= 0.3 is 0 Å². The average Bonchev–Trinajstić information content (AvgIpc) is 2.68. The van der Waals surface area contributed by atoms with E-state index in [0.717, 1.165) is 41.7 Å². The highest BCUT2D eigenvalue weighted by atomic mass is 79.9. The van der Waals surface area contributed by atoms with Crippen LogP contribution in [0, 0.1) is 0 Å². The molecule has 2 N–H and O–H groups in total. The minimum Gasteiger partial charge on any atom is -0.506 e. The van der Waals surface area contributed by atoms with Crippen LogP contribution in [0.25, 0.3) is 11.0 Å². The van der Waals surface area contributed by atoms with Crippen LogP contribution in [0.4, 0.5) is 0 Å². The van der Waals surface area contributed by atoms with Crippen molar-refractivity contribution in [1.82, 2.24) is 14.9 Å². The number of fused-ring (bicyclic) bond motifs is 1. The lowest BCUT2D eigenvalue weighted by Crippen LogP contribution is -2.29. The summed E-state index contributed by atoms with van der Waals surface area (Å²) in [5, 5.41) is 13.3. The second kappa shape index (κ2) is 4.31. The summed E-state index contributed by atoms with van der Waals surface area (Å²) in [6.07, 6.45) is 2.14. The van der Waals surface area contributed by atoms with Crippen LogP contribution in [-0.2, 0) is 0 Å². The fourth-order valence-electron chi connectivity index (χ4n) is 2.50. The minimum atomic E-state index is 0.305. The second-order valence-electron chi connectivity index (χ2n) is 4.38. The summed E-state index contributed by atoms with van der Waals surface area (Å²) in [5.41, 5.74) is 1.68. The first-order valence-electron chi connectivity index (χ1n) is 5.83. The molecule has 90 valence electrons. The van der Waals surface area contributed by atoms with Gasteiger partial charge in [-0.3, -0.25) is 0 Å². The van der Waals surface area contributed by atoms with Crippen LogP contribution in [0.2, 0.25) is 0 Å². The highest BCUT2D eigenvalue weighted by Gasteiger charge is 2.21. The number of nitrogens with one attached hydrogen (secondary N) is 1. The molecule has 2 aromatic rings. The second-order valence-corrected chi connectivity index (χ2v) is 5.09. The van der Waals surface area contributed by atoms with Gasteiger partial charge in [-0.2, -0.15) is 0 Å².